The Bertz CT molecular complexity index is 1300. The van der Waals surface area contributed by atoms with Crippen LogP contribution in [-0.4, -0.2) is 73.3 Å². The smallest absolute Gasteiger partial charge is 0.264 e. The third kappa shape index (κ3) is 4.62. The van der Waals surface area contributed by atoms with Crippen molar-refractivity contribution in [1.82, 2.24) is 24.2 Å². The number of hydrogen-bond donors (Lipinski definition) is 1. The molecule has 1 saturated carbocycles. The third-order valence-electron chi connectivity index (χ3n) is 7.50. The minimum atomic E-state index is -1.05. The van der Waals surface area contributed by atoms with Gasteiger partial charge >= 0.3 is 0 Å². The summed E-state index contributed by atoms with van der Waals surface area (Å²) >= 11 is 0. The molecular weight excluding hydrogens is 462 g/mol. The van der Waals surface area contributed by atoms with Crippen molar-refractivity contribution in [3.63, 3.8) is 0 Å². The van der Waals surface area contributed by atoms with E-state index in [9.17, 15) is 14.7 Å². The number of nitrogens with zero attached hydrogens (tertiary/aromatic N) is 5. The van der Waals surface area contributed by atoms with E-state index in [1.807, 2.05) is 29.2 Å². The molecule has 3 fully saturated rings. The van der Waals surface area contributed by atoms with E-state index in [1.54, 1.807) is 4.68 Å². The molecule has 0 bridgehead atoms. The van der Waals surface area contributed by atoms with E-state index in [4.69, 9.17) is 9.47 Å². The van der Waals surface area contributed by atoms with Gasteiger partial charge in [-0.1, -0.05) is 0 Å². The number of aliphatic hydroxyl groups is 1. The van der Waals surface area contributed by atoms with Crippen LogP contribution in [0.1, 0.15) is 38.5 Å². The highest BCUT2D eigenvalue weighted by Crippen LogP contribution is 2.33. The van der Waals surface area contributed by atoms with Gasteiger partial charge in [0.05, 0.1) is 37.2 Å². The molecular formula is C26H31N5O5. The molecule has 3 aromatic rings. The Morgan fingerprint density at radius 3 is 2.53 bits per heavy atom. The second kappa shape index (κ2) is 9.33. The number of hydrogen-bond acceptors (Lipinski definition) is 7. The first kappa shape index (κ1) is 23.2. The molecule has 0 atom stereocenters. The van der Waals surface area contributed by atoms with Gasteiger partial charge in [-0.3, -0.25) is 14.2 Å². The highest BCUT2D eigenvalue weighted by atomic mass is 16.5. The predicted octanol–water partition coefficient (Wildman–Crippen LogP) is 1.90. The summed E-state index contributed by atoms with van der Waals surface area (Å²) in [5.41, 5.74) is -0.0439. The van der Waals surface area contributed by atoms with Crippen LogP contribution in [-0.2, 0) is 16.1 Å². The van der Waals surface area contributed by atoms with Crippen molar-refractivity contribution >= 4 is 16.9 Å². The largest absolute Gasteiger partial charge is 0.490 e. The first-order chi connectivity index (χ1) is 17.5. The monoisotopic (exact) mass is 493 g/mol. The van der Waals surface area contributed by atoms with Crippen LogP contribution in [0.25, 0.3) is 16.7 Å². The number of rotatable bonds is 6. The van der Waals surface area contributed by atoms with Crippen LogP contribution in [0.4, 0.5) is 0 Å². The Hall–Kier alpha value is -3.24. The van der Waals surface area contributed by atoms with Crippen LogP contribution in [0.5, 0.6) is 5.75 Å². The van der Waals surface area contributed by atoms with Crippen molar-refractivity contribution in [2.24, 2.45) is 5.92 Å². The van der Waals surface area contributed by atoms with E-state index in [0.717, 1.165) is 50.3 Å². The molecule has 0 spiro atoms. The Labute approximate surface area is 208 Å². The van der Waals surface area contributed by atoms with Crippen molar-refractivity contribution in [3.8, 4) is 11.4 Å². The van der Waals surface area contributed by atoms with Crippen LogP contribution in [0.15, 0.2) is 41.6 Å². The molecule has 10 heteroatoms. The molecule has 1 aliphatic carbocycles. The summed E-state index contributed by atoms with van der Waals surface area (Å²) in [5.74, 6) is 1.17. The molecule has 2 saturated heterocycles. The van der Waals surface area contributed by atoms with E-state index in [0.29, 0.717) is 37.0 Å². The zero-order chi connectivity index (χ0) is 24.7. The topological polar surface area (TPSA) is 112 Å². The maximum atomic E-state index is 13.2. The van der Waals surface area contributed by atoms with Crippen LogP contribution in [0.3, 0.4) is 0 Å². The molecule has 0 radical (unpaired) electrons. The summed E-state index contributed by atoms with van der Waals surface area (Å²) in [5, 5.41) is 15.9. The van der Waals surface area contributed by atoms with Gasteiger partial charge in [0.2, 0.25) is 5.91 Å². The van der Waals surface area contributed by atoms with Crippen LogP contribution >= 0.6 is 0 Å². The summed E-state index contributed by atoms with van der Waals surface area (Å²) in [6.07, 6.45) is 7.76. The lowest BCUT2D eigenvalue weighted by atomic mass is 9.91. The Balaban J connectivity index is 1.16. The number of fused-ring (bicyclic) bond motifs is 1. The molecule has 3 aliphatic rings. The van der Waals surface area contributed by atoms with E-state index in [1.165, 1.54) is 17.1 Å². The van der Waals surface area contributed by atoms with Crippen molar-refractivity contribution in [1.29, 1.82) is 0 Å². The van der Waals surface area contributed by atoms with Gasteiger partial charge in [-0.05, 0) is 49.9 Å². The molecule has 190 valence electrons. The maximum absolute atomic E-state index is 13.2. The summed E-state index contributed by atoms with van der Waals surface area (Å²) in [4.78, 5) is 31.9. The summed E-state index contributed by atoms with van der Waals surface area (Å²) in [6, 6.07) is 7.59. The SMILES string of the molecule is O=C(C1CC1)N1CCC(O)(Cn2cnc3c(cnn3-c3ccc(OC4CCOCC4)cc3)c2=O)CC1. The quantitative estimate of drug-likeness (QED) is 0.558. The Morgan fingerprint density at radius 1 is 1.11 bits per heavy atom. The van der Waals surface area contributed by atoms with Crippen molar-refractivity contribution in [2.45, 2.75) is 56.8 Å². The minimum Gasteiger partial charge on any atom is -0.490 e. The van der Waals surface area contributed by atoms with Gasteiger partial charge in [0.25, 0.3) is 5.56 Å². The average Bonchev–Trinajstić information content (AvgIpc) is 3.66. The molecule has 1 N–H and O–H groups in total. The lowest BCUT2D eigenvalue weighted by Gasteiger charge is -2.38. The van der Waals surface area contributed by atoms with Gasteiger partial charge in [0.15, 0.2) is 5.65 Å². The Morgan fingerprint density at radius 2 is 1.83 bits per heavy atom. The Kier molecular flexibility index (Phi) is 6.00. The van der Waals surface area contributed by atoms with E-state index < -0.39 is 5.60 Å². The fraction of sp³-hybridized carbons (Fsp3) is 0.538. The molecule has 36 heavy (non-hydrogen) atoms. The third-order valence-corrected chi connectivity index (χ3v) is 7.50. The molecule has 2 aliphatic heterocycles. The summed E-state index contributed by atoms with van der Waals surface area (Å²) in [7, 11) is 0. The second-order valence-corrected chi connectivity index (χ2v) is 10.2. The number of piperidine rings is 1. The number of amides is 1. The van der Waals surface area contributed by atoms with Crippen molar-refractivity contribution in [3.05, 3.63) is 47.1 Å². The lowest BCUT2D eigenvalue weighted by Crippen LogP contribution is -2.50. The lowest BCUT2D eigenvalue weighted by molar-refractivity contribution is -0.137. The number of carbonyl (C=O) groups is 1. The van der Waals surface area contributed by atoms with Gasteiger partial charge < -0.3 is 19.5 Å². The molecule has 6 rings (SSSR count). The first-order valence-electron chi connectivity index (χ1n) is 12.8. The van der Waals surface area contributed by atoms with Crippen molar-refractivity contribution in [2.75, 3.05) is 26.3 Å². The zero-order valence-corrected chi connectivity index (χ0v) is 20.2. The van der Waals surface area contributed by atoms with Gasteiger partial charge in [-0.2, -0.15) is 5.10 Å². The van der Waals surface area contributed by atoms with Crippen LogP contribution in [0.2, 0.25) is 0 Å². The minimum absolute atomic E-state index is 0.143. The fourth-order valence-corrected chi connectivity index (χ4v) is 5.11. The number of carbonyl (C=O) groups excluding carboxylic acids is 1. The molecule has 10 nitrogen and oxygen atoms in total. The zero-order valence-electron chi connectivity index (χ0n) is 20.2. The molecule has 1 aromatic carbocycles. The van der Waals surface area contributed by atoms with E-state index >= 15 is 0 Å². The molecule has 1 amide bonds. The fourth-order valence-electron chi connectivity index (χ4n) is 5.11. The standard InChI is InChI=1S/C26H31N5O5/c32-24(18-1-2-18)29-11-9-26(34,10-12-29)16-30-17-27-23-22(25(30)33)15-28-31(23)19-3-5-20(6-4-19)36-21-7-13-35-14-8-21/h3-6,15,17-18,21,34H,1-2,7-14,16H2. The molecule has 4 heterocycles. The van der Waals surface area contributed by atoms with Gasteiger partial charge in [0, 0.05) is 31.8 Å². The second-order valence-electron chi connectivity index (χ2n) is 10.2. The number of benzene rings is 1. The number of ether oxygens (including phenoxy) is 2. The highest BCUT2D eigenvalue weighted by Gasteiger charge is 2.39. The normalized spacial score (nSPS) is 20.5. The van der Waals surface area contributed by atoms with Gasteiger partial charge in [-0.25, -0.2) is 9.67 Å². The number of aromatic nitrogens is 4. The first-order valence-corrected chi connectivity index (χ1v) is 12.8. The summed E-state index contributed by atoms with van der Waals surface area (Å²) < 4.78 is 14.5. The highest BCUT2D eigenvalue weighted by molar-refractivity contribution is 5.81. The predicted molar refractivity (Wildman–Crippen MR) is 131 cm³/mol. The van der Waals surface area contributed by atoms with E-state index in [2.05, 4.69) is 10.1 Å². The maximum Gasteiger partial charge on any atom is 0.264 e. The molecule has 2 aromatic heterocycles. The van der Waals surface area contributed by atoms with E-state index in [-0.39, 0.29) is 30.0 Å². The average molecular weight is 494 g/mol. The number of likely N-dealkylation sites (tertiary alicyclic amines) is 1. The van der Waals surface area contributed by atoms with Crippen LogP contribution in [0, 0.1) is 5.92 Å². The molecule has 0 unspecified atom stereocenters. The van der Waals surface area contributed by atoms with Crippen LogP contribution < -0.4 is 10.3 Å². The van der Waals surface area contributed by atoms with Gasteiger partial charge in [-0.15, -0.1) is 0 Å². The van der Waals surface area contributed by atoms with Gasteiger partial charge in [0.1, 0.15) is 23.6 Å². The summed E-state index contributed by atoms with van der Waals surface area (Å²) in [6.45, 7) is 2.62. The van der Waals surface area contributed by atoms with Crippen molar-refractivity contribution < 1.29 is 19.4 Å².